The van der Waals surface area contributed by atoms with Crippen LogP contribution in [0.2, 0.25) is 10.0 Å². The number of hydrogen-bond acceptors (Lipinski definition) is 13. The van der Waals surface area contributed by atoms with Gasteiger partial charge < -0.3 is 49.1 Å². The summed E-state index contributed by atoms with van der Waals surface area (Å²) in [6, 6.07) is 14.5. The first-order valence-corrected chi connectivity index (χ1v) is 42.2. The average Bonchev–Trinajstić information content (AvgIpc) is 1.62. The van der Waals surface area contributed by atoms with Gasteiger partial charge in [0, 0.05) is 178 Å². The minimum atomic E-state index is -4.83. The van der Waals surface area contributed by atoms with Gasteiger partial charge in [0.2, 0.25) is 17.7 Å². The maximum Gasteiger partial charge on any atom is 0.573 e. The lowest BCUT2D eigenvalue weighted by atomic mass is 9.76. The van der Waals surface area contributed by atoms with Crippen molar-refractivity contribution in [3.05, 3.63) is 99.4 Å². The van der Waals surface area contributed by atoms with Crippen molar-refractivity contribution in [1.29, 1.82) is 0 Å². The third kappa shape index (κ3) is 21.1. The molecule has 0 spiro atoms. The number of likely N-dealkylation sites (N-methyl/N-ethyl adjacent to an activating group) is 3. The number of ether oxygens (including phenoxy) is 1. The van der Waals surface area contributed by atoms with Crippen LogP contribution in [0.15, 0.2) is 67.0 Å². The molecule has 3 saturated heterocycles. The zero-order valence-electron chi connectivity index (χ0n) is 67.7. The summed E-state index contributed by atoms with van der Waals surface area (Å²) in [5, 5.41) is 12.4. The van der Waals surface area contributed by atoms with Crippen molar-refractivity contribution in [2.45, 2.75) is 272 Å². The highest BCUT2D eigenvalue weighted by molar-refractivity contribution is 6.32. The number of rotatable bonds is 29. The Bertz CT molecular complexity index is 4340. The van der Waals surface area contributed by atoms with Gasteiger partial charge in [-0.15, -0.1) is 13.2 Å². The number of hydrogen-bond donors (Lipinski definition) is 3. The van der Waals surface area contributed by atoms with Crippen LogP contribution >= 0.6 is 23.2 Å². The number of amides is 3. The van der Waals surface area contributed by atoms with Gasteiger partial charge in [-0.05, 0) is 212 Å². The first-order valence-electron chi connectivity index (χ1n) is 41.4. The van der Waals surface area contributed by atoms with E-state index >= 15 is 0 Å². The third-order valence-electron chi connectivity index (χ3n) is 25.5. The fourth-order valence-electron chi connectivity index (χ4n) is 18.9. The Hall–Kier alpha value is -7.24. The number of aromatic nitrogens is 3. The van der Waals surface area contributed by atoms with Gasteiger partial charge in [0.15, 0.2) is 17.3 Å². The Labute approximate surface area is 669 Å². The molecule has 0 unspecified atom stereocenters. The summed E-state index contributed by atoms with van der Waals surface area (Å²) in [7, 11) is 5.33. The van der Waals surface area contributed by atoms with E-state index in [1.807, 2.05) is 103 Å². The van der Waals surface area contributed by atoms with Crippen LogP contribution in [0.25, 0.3) is 32.7 Å². The SMILES string of the molecule is CN[C@@H](C)C(=O)C[C@H](C(=O)N1CCC[C@H]1Cn1c(C)c(C(C)=O)c2cc(Cl)ccc21)C1CCCCC1.CN[C@@H](C)C(=O)C[C@H](C(=O)N1CCC[C@H]1Cn1cc(C(=O)C(C)C)c2cc(Cl)ccc21)C1CCCCC1.CN[C@@H](C)C(=O)C[C@H](C(=O)N1CCC[C@H]1Cn1cc(C(C)=O)c2cc(OC(F)(F)F)ccc21)C1CCCCC1. The number of fused-ring (bicyclic) bond motifs is 3. The van der Waals surface area contributed by atoms with E-state index in [1.54, 1.807) is 34.3 Å². The van der Waals surface area contributed by atoms with Crippen molar-refractivity contribution in [2.75, 3.05) is 40.8 Å². The lowest BCUT2D eigenvalue weighted by molar-refractivity contribution is -0.274. The van der Waals surface area contributed by atoms with Gasteiger partial charge in [-0.3, -0.25) is 43.2 Å². The summed E-state index contributed by atoms with van der Waals surface area (Å²) < 4.78 is 48.6. The van der Waals surface area contributed by atoms with E-state index < -0.39 is 6.36 Å². The molecule has 3 N–H and O–H groups in total. The zero-order chi connectivity index (χ0) is 81.0. The zero-order valence-corrected chi connectivity index (χ0v) is 69.2. The molecule has 6 heterocycles. The second kappa shape index (κ2) is 39.4. The molecular weight excluding hydrogens is 1470 g/mol. The monoisotopic (exact) mass is 1590 g/mol. The average molecular weight is 1590 g/mol. The first kappa shape index (κ1) is 87.2. The molecule has 112 heavy (non-hydrogen) atoms. The molecule has 24 heteroatoms. The van der Waals surface area contributed by atoms with Gasteiger partial charge in [0.05, 0.1) is 18.1 Å². The molecule has 3 saturated carbocycles. The smallest absolute Gasteiger partial charge is 0.406 e. The highest BCUT2D eigenvalue weighted by Gasteiger charge is 2.44. The topological polar surface area (TPSA) is 223 Å². The Morgan fingerprint density at radius 2 is 0.830 bits per heavy atom. The number of nitrogens with one attached hydrogen (secondary N) is 3. The summed E-state index contributed by atoms with van der Waals surface area (Å²) in [5.41, 5.74) is 5.17. The van der Waals surface area contributed by atoms with E-state index in [-0.39, 0.29) is 142 Å². The van der Waals surface area contributed by atoms with Crippen molar-refractivity contribution < 1.29 is 61.1 Å². The Kier molecular flexibility index (Phi) is 30.7. The maximum absolute atomic E-state index is 14.1. The molecule has 19 nitrogen and oxygen atoms in total. The lowest BCUT2D eigenvalue weighted by Crippen LogP contribution is -2.45. The summed E-state index contributed by atoms with van der Waals surface area (Å²) in [6.07, 6.45) is 21.2. The molecule has 3 aliphatic carbocycles. The normalized spacial score (nSPS) is 20.4. The number of halogens is 5. The molecule has 3 aromatic heterocycles. The van der Waals surface area contributed by atoms with Crippen LogP contribution in [0.4, 0.5) is 13.2 Å². The van der Waals surface area contributed by atoms with Crippen molar-refractivity contribution in [2.24, 2.45) is 41.4 Å². The predicted octanol–water partition coefficient (Wildman–Crippen LogP) is 16.9. The highest BCUT2D eigenvalue weighted by Crippen LogP contribution is 2.41. The van der Waals surface area contributed by atoms with Crippen molar-refractivity contribution >= 4 is 108 Å². The third-order valence-corrected chi connectivity index (χ3v) is 26.0. The molecule has 12 rings (SSSR count). The van der Waals surface area contributed by atoms with Crippen LogP contribution in [0.5, 0.6) is 5.75 Å². The van der Waals surface area contributed by atoms with Crippen molar-refractivity contribution in [3.8, 4) is 5.75 Å². The van der Waals surface area contributed by atoms with Crippen LogP contribution in [0, 0.1) is 48.3 Å². The lowest BCUT2D eigenvalue weighted by Gasteiger charge is -2.35. The van der Waals surface area contributed by atoms with Crippen LogP contribution < -0.4 is 20.7 Å². The molecule has 3 amide bonds. The van der Waals surface area contributed by atoms with E-state index in [0.29, 0.717) is 76.7 Å². The second-order valence-electron chi connectivity index (χ2n) is 33.2. The molecule has 3 aromatic carbocycles. The van der Waals surface area contributed by atoms with E-state index in [9.17, 15) is 56.3 Å². The molecule has 6 aromatic rings. The number of benzene rings is 3. The molecule has 6 aliphatic rings. The number of Topliss-reactive ketones (excluding diaryl/α,β-unsaturated/α-hetero) is 6. The van der Waals surface area contributed by atoms with Crippen molar-refractivity contribution in [3.63, 3.8) is 0 Å². The fraction of sp³-hybridized carbons (Fsp3) is 0.625. The maximum atomic E-state index is 14.1. The second-order valence-corrected chi connectivity index (χ2v) is 34.1. The molecular formula is C88H120Cl2F3N9O10. The van der Waals surface area contributed by atoms with Crippen LogP contribution in [0.1, 0.15) is 239 Å². The number of carbonyl (C=O) groups is 9. The van der Waals surface area contributed by atoms with Gasteiger partial charge >= 0.3 is 6.36 Å². The largest absolute Gasteiger partial charge is 0.573 e. The van der Waals surface area contributed by atoms with Crippen LogP contribution in [-0.2, 0) is 48.4 Å². The highest BCUT2D eigenvalue weighted by atomic mass is 35.5. The fourth-order valence-corrected chi connectivity index (χ4v) is 19.2. The molecule has 6 fully saturated rings. The Morgan fingerprint density at radius 1 is 0.464 bits per heavy atom. The predicted molar refractivity (Wildman–Crippen MR) is 435 cm³/mol. The summed E-state index contributed by atoms with van der Waals surface area (Å²) in [5.74, 6) is -0.179. The molecule has 0 radical (unpaired) electrons. The van der Waals surface area contributed by atoms with E-state index in [1.165, 1.54) is 38.0 Å². The van der Waals surface area contributed by atoms with E-state index in [2.05, 4.69) is 29.8 Å². The molecule has 3 aliphatic heterocycles. The standard InChI is InChI=1S/C30H42ClN3O3.C29H40ClN3O3.C29H38F3N3O4/c1-19(2)29(36)26-18-33(27-13-12-22(31)15-25(26)27)17-23-11-8-14-34(23)30(37)24(16-28(35)20(3)32-4)21-9-6-5-7-10-21;1-18(31-4)27(35)16-24(21-9-6-5-7-10-21)29(36)32-14-8-11-23(32)17-33-19(2)28(20(3)34)25-15-22(30)12-13-26(25)33;1-18(33-3)27(37)15-23(20-8-5-4-6-9-20)28(38)35-13-7-10-21(35)16-34-17-25(19(2)36)24-14-22(11-12-26(24)34)39-29(30,31)32/h12-13,15,18-21,23-24,32H,5-11,14,16-17H2,1-4H3;12-13,15,18,21,23-24,31H,5-11,14,16-17H2,1-4H3;11-12,14,17-18,20-21,23,33H,4-10,13,15-16H2,1-3H3/t20-,23-,24-;18-,23-,24-;18-,21-,23-/m000/s1. The van der Waals surface area contributed by atoms with Crippen LogP contribution in [0.3, 0.4) is 0 Å². The number of ketones is 6. The van der Waals surface area contributed by atoms with E-state index in [0.717, 1.165) is 163 Å². The first-order chi connectivity index (χ1) is 53.4. The minimum Gasteiger partial charge on any atom is -0.406 e. The molecule has 0 bridgehead atoms. The minimum absolute atomic E-state index is 0.0187. The van der Waals surface area contributed by atoms with E-state index in [4.69, 9.17) is 23.2 Å². The van der Waals surface area contributed by atoms with Crippen molar-refractivity contribution in [1.82, 2.24) is 44.4 Å². The number of likely N-dealkylation sites (tertiary alicyclic amines) is 3. The van der Waals surface area contributed by atoms with Gasteiger partial charge in [-0.25, -0.2) is 0 Å². The number of carbonyl (C=O) groups excluding carboxylic acids is 9. The quantitative estimate of drug-likeness (QED) is 0.0372. The number of alkyl halides is 3. The molecule has 9 atom stereocenters. The summed E-state index contributed by atoms with van der Waals surface area (Å²) >= 11 is 12.6. The molecule has 612 valence electrons. The Balaban J connectivity index is 0.000000178. The number of nitrogens with zero attached hydrogens (tertiary/aromatic N) is 6. The van der Waals surface area contributed by atoms with Gasteiger partial charge in [0.25, 0.3) is 0 Å². The summed E-state index contributed by atoms with van der Waals surface area (Å²) in [4.78, 5) is 125. The van der Waals surface area contributed by atoms with Crippen LogP contribution in [-0.4, -0.2) is 164 Å². The van der Waals surface area contributed by atoms with Gasteiger partial charge in [0.1, 0.15) is 23.1 Å². The Morgan fingerprint density at radius 3 is 1.21 bits per heavy atom. The van der Waals surface area contributed by atoms with Gasteiger partial charge in [-0.1, -0.05) is 94.8 Å². The summed E-state index contributed by atoms with van der Waals surface area (Å²) in [6.45, 7) is 18.1. The van der Waals surface area contributed by atoms with Gasteiger partial charge in [-0.2, -0.15) is 0 Å².